The maximum atomic E-state index is 13.0. The van der Waals surface area contributed by atoms with Gasteiger partial charge in [-0.2, -0.15) is 0 Å². The molecule has 0 bridgehead atoms. The highest BCUT2D eigenvalue weighted by molar-refractivity contribution is 5.93. The number of halogens is 1. The highest BCUT2D eigenvalue weighted by Crippen LogP contribution is 2.20. The fourth-order valence-corrected chi connectivity index (χ4v) is 2.57. The second-order valence-corrected chi connectivity index (χ2v) is 5.20. The topological polar surface area (TPSA) is 75.4 Å². The van der Waals surface area contributed by atoms with E-state index in [9.17, 15) is 14.0 Å². The van der Waals surface area contributed by atoms with Gasteiger partial charge in [-0.05, 0) is 30.7 Å². The first-order valence-corrected chi connectivity index (χ1v) is 6.86. The van der Waals surface area contributed by atoms with Gasteiger partial charge in [-0.25, -0.2) is 9.37 Å². The molecular formula is C15H14FN3O3. The van der Waals surface area contributed by atoms with Gasteiger partial charge in [0.15, 0.2) is 0 Å². The Morgan fingerprint density at radius 3 is 2.64 bits per heavy atom. The molecule has 114 valence electrons. The van der Waals surface area contributed by atoms with E-state index in [2.05, 4.69) is 4.98 Å². The van der Waals surface area contributed by atoms with Gasteiger partial charge < -0.3 is 10.0 Å². The first-order chi connectivity index (χ1) is 10.6. The van der Waals surface area contributed by atoms with Gasteiger partial charge in [-0.1, -0.05) is 0 Å². The van der Waals surface area contributed by atoms with Gasteiger partial charge in [0, 0.05) is 18.8 Å². The molecule has 2 aromatic rings. The number of imidazole rings is 1. The van der Waals surface area contributed by atoms with Crippen molar-refractivity contribution in [2.45, 2.75) is 6.42 Å². The van der Waals surface area contributed by atoms with Crippen molar-refractivity contribution in [2.75, 3.05) is 13.1 Å². The maximum Gasteiger partial charge on any atom is 0.308 e. The molecule has 1 N–H and O–H groups in total. The second kappa shape index (κ2) is 5.59. The molecule has 1 fully saturated rings. The van der Waals surface area contributed by atoms with Crippen molar-refractivity contribution in [1.82, 2.24) is 14.5 Å². The van der Waals surface area contributed by atoms with Crippen LogP contribution in [0.5, 0.6) is 0 Å². The molecule has 1 aliphatic heterocycles. The summed E-state index contributed by atoms with van der Waals surface area (Å²) >= 11 is 0. The molecule has 1 aromatic carbocycles. The van der Waals surface area contributed by atoms with E-state index in [1.54, 1.807) is 16.7 Å². The smallest absolute Gasteiger partial charge is 0.308 e. The molecule has 0 aliphatic carbocycles. The number of hydrogen-bond acceptors (Lipinski definition) is 3. The predicted molar refractivity (Wildman–Crippen MR) is 75.2 cm³/mol. The number of nitrogens with zero attached hydrogens (tertiary/aromatic N) is 3. The lowest BCUT2D eigenvalue weighted by Crippen LogP contribution is -2.31. The first kappa shape index (κ1) is 14.2. The van der Waals surface area contributed by atoms with Crippen molar-refractivity contribution in [3.8, 4) is 5.69 Å². The van der Waals surface area contributed by atoms with Crippen LogP contribution < -0.4 is 0 Å². The Balaban J connectivity index is 1.84. The Labute approximate surface area is 125 Å². The van der Waals surface area contributed by atoms with Crippen molar-refractivity contribution >= 4 is 11.9 Å². The number of likely N-dealkylation sites (tertiary alicyclic amines) is 1. The van der Waals surface area contributed by atoms with Gasteiger partial charge in [0.25, 0.3) is 5.91 Å². The van der Waals surface area contributed by atoms with Crippen LogP contribution in [0.1, 0.15) is 16.9 Å². The summed E-state index contributed by atoms with van der Waals surface area (Å²) in [6.45, 7) is 0.604. The second-order valence-electron chi connectivity index (χ2n) is 5.20. The monoisotopic (exact) mass is 303 g/mol. The van der Waals surface area contributed by atoms with Gasteiger partial charge in [0.1, 0.15) is 11.5 Å². The van der Waals surface area contributed by atoms with Gasteiger partial charge >= 0.3 is 5.97 Å². The van der Waals surface area contributed by atoms with Gasteiger partial charge in [-0.3, -0.25) is 14.2 Å². The molecule has 1 amide bonds. The van der Waals surface area contributed by atoms with E-state index in [1.807, 2.05) is 0 Å². The number of hydrogen-bond donors (Lipinski definition) is 1. The van der Waals surface area contributed by atoms with E-state index < -0.39 is 11.9 Å². The first-order valence-electron chi connectivity index (χ1n) is 6.86. The van der Waals surface area contributed by atoms with Crippen LogP contribution in [0.4, 0.5) is 4.39 Å². The molecule has 22 heavy (non-hydrogen) atoms. The molecule has 0 saturated carbocycles. The Morgan fingerprint density at radius 1 is 1.27 bits per heavy atom. The van der Waals surface area contributed by atoms with Crippen LogP contribution in [0.15, 0.2) is 36.8 Å². The number of carbonyl (C=O) groups excluding carboxylic acids is 1. The molecule has 1 aromatic heterocycles. The number of carbonyl (C=O) groups is 2. The Hall–Kier alpha value is -2.70. The summed E-state index contributed by atoms with van der Waals surface area (Å²) in [5.74, 6) is -2.04. The largest absolute Gasteiger partial charge is 0.481 e. The van der Waals surface area contributed by atoms with Crippen molar-refractivity contribution in [2.24, 2.45) is 5.92 Å². The summed E-state index contributed by atoms with van der Waals surface area (Å²) in [4.78, 5) is 29.0. The van der Waals surface area contributed by atoms with Crippen LogP contribution in [0.2, 0.25) is 0 Å². The molecule has 1 atom stereocenters. The molecule has 1 saturated heterocycles. The van der Waals surface area contributed by atoms with Crippen molar-refractivity contribution in [1.29, 1.82) is 0 Å². The lowest BCUT2D eigenvalue weighted by Gasteiger charge is -2.16. The lowest BCUT2D eigenvalue weighted by atomic mass is 10.1. The molecule has 1 unspecified atom stereocenters. The Bertz CT molecular complexity index is 711. The van der Waals surface area contributed by atoms with Crippen molar-refractivity contribution in [3.05, 3.63) is 48.3 Å². The summed E-state index contributed by atoms with van der Waals surface area (Å²) in [7, 11) is 0. The Kier molecular flexibility index (Phi) is 3.62. The van der Waals surface area contributed by atoms with Crippen molar-refractivity contribution in [3.63, 3.8) is 0 Å². The Morgan fingerprint density at radius 2 is 2.00 bits per heavy atom. The number of carboxylic acid groups (broad SMARTS) is 1. The standard InChI is InChI=1S/C15H14FN3O3/c16-11-1-3-12(4-2-11)19-9-17-7-13(19)14(20)18-6-5-10(8-18)15(21)22/h1-4,7,9-10H,5-6,8H2,(H,21,22). The van der Waals surface area contributed by atoms with E-state index >= 15 is 0 Å². The molecular weight excluding hydrogens is 289 g/mol. The van der Waals surface area contributed by atoms with Gasteiger partial charge in [0.05, 0.1) is 18.4 Å². The molecule has 7 heteroatoms. The number of aromatic nitrogens is 2. The minimum Gasteiger partial charge on any atom is -0.481 e. The van der Waals surface area contributed by atoms with Crippen LogP contribution in [-0.4, -0.2) is 44.5 Å². The van der Waals surface area contributed by atoms with Crippen LogP contribution in [0, 0.1) is 11.7 Å². The number of aliphatic carboxylic acids is 1. The minimum absolute atomic E-state index is 0.197. The average molecular weight is 303 g/mol. The highest BCUT2D eigenvalue weighted by atomic mass is 19.1. The minimum atomic E-state index is -0.887. The molecule has 0 radical (unpaired) electrons. The van der Waals surface area contributed by atoms with E-state index in [0.29, 0.717) is 24.3 Å². The van der Waals surface area contributed by atoms with Gasteiger partial charge in [-0.15, -0.1) is 0 Å². The zero-order chi connectivity index (χ0) is 15.7. The molecule has 0 spiro atoms. The number of rotatable bonds is 3. The summed E-state index contributed by atoms with van der Waals surface area (Å²) in [6, 6.07) is 5.72. The fraction of sp³-hybridized carbons (Fsp3) is 0.267. The highest BCUT2D eigenvalue weighted by Gasteiger charge is 2.32. The zero-order valence-corrected chi connectivity index (χ0v) is 11.6. The van der Waals surface area contributed by atoms with Crippen LogP contribution >= 0.6 is 0 Å². The summed E-state index contributed by atoms with van der Waals surface area (Å²) < 4.78 is 14.6. The molecule has 1 aliphatic rings. The summed E-state index contributed by atoms with van der Waals surface area (Å²) in [6.07, 6.45) is 3.36. The zero-order valence-electron chi connectivity index (χ0n) is 11.6. The number of carboxylic acids is 1. The molecule has 6 nitrogen and oxygen atoms in total. The average Bonchev–Trinajstić information content (AvgIpc) is 3.17. The maximum absolute atomic E-state index is 13.0. The molecule has 2 heterocycles. The van der Waals surface area contributed by atoms with E-state index in [0.717, 1.165) is 0 Å². The third-order valence-electron chi connectivity index (χ3n) is 3.79. The summed E-state index contributed by atoms with van der Waals surface area (Å²) in [5.41, 5.74) is 0.953. The van der Waals surface area contributed by atoms with E-state index in [1.165, 1.54) is 29.6 Å². The number of amides is 1. The van der Waals surface area contributed by atoms with Crippen LogP contribution in [0.25, 0.3) is 5.69 Å². The van der Waals surface area contributed by atoms with E-state index in [-0.39, 0.29) is 18.3 Å². The summed E-state index contributed by atoms with van der Waals surface area (Å²) in [5, 5.41) is 9.01. The van der Waals surface area contributed by atoms with Crippen LogP contribution in [0.3, 0.4) is 0 Å². The quantitative estimate of drug-likeness (QED) is 0.933. The lowest BCUT2D eigenvalue weighted by molar-refractivity contribution is -0.141. The fourth-order valence-electron chi connectivity index (χ4n) is 2.57. The molecule has 3 rings (SSSR count). The third kappa shape index (κ3) is 2.57. The third-order valence-corrected chi connectivity index (χ3v) is 3.79. The van der Waals surface area contributed by atoms with Gasteiger partial charge in [0.2, 0.25) is 0 Å². The SMILES string of the molecule is O=C(O)C1CCN(C(=O)c2cncn2-c2ccc(F)cc2)C1. The normalized spacial score (nSPS) is 17.7. The van der Waals surface area contributed by atoms with Crippen LogP contribution in [-0.2, 0) is 4.79 Å². The number of benzene rings is 1. The van der Waals surface area contributed by atoms with E-state index in [4.69, 9.17) is 5.11 Å². The predicted octanol–water partition coefficient (Wildman–Crippen LogP) is 1.56. The van der Waals surface area contributed by atoms with Crippen molar-refractivity contribution < 1.29 is 19.1 Å².